The number of hydrogen-bond acceptors (Lipinski definition) is 6. The quantitative estimate of drug-likeness (QED) is 0.124. The maximum atomic E-state index is 12.7. The van der Waals surface area contributed by atoms with Gasteiger partial charge < -0.3 is 10.2 Å². The van der Waals surface area contributed by atoms with Gasteiger partial charge in [0.2, 0.25) is 0 Å². The SMILES string of the molecule is CCCCCCCCCCC/C=C/C(=O)C1=[N+](CC(O)CS(=O)(=O)O)CCN1CCO. The second-order valence-electron chi connectivity index (χ2n) is 8.27. The van der Waals surface area contributed by atoms with Crippen LogP contribution in [0.5, 0.6) is 0 Å². The van der Waals surface area contributed by atoms with Gasteiger partial charge in [-0.3, -0.25) is 18.8 Å². The molecule has 0 saturated carbocycles. The average Bonchev–Trinajstić information content (AvgIpc) is 3.06. The fourth-order valence-electron chi connectivity index (χ4n) is 3.87. The Balaban J connectivity index is 2.49. The smallest absolute Gasteiger partial charge is 0.320 e. The predicted octanol–water partition coefficient (Wildman–Crippen LogP) is 2.00. The third-order valence-corrected chi connectivity index (χ3v) is 6.21. The molecule has 1 aliphatic heterocycles. The highest BCUT2D eigenvalue weighted by molar-refractivity contribution is 7.85. The van der Waals surface area contributed by atoms with E-state index in [9.17, 15) is 23.4 Å². The Morgan fingerprint density at radius 3 is 2.32 bits per heavy atom. The molecule has 0 radical (unpaired) electrons. The predicted molar refractivity (Wildman–Crippen MR) is 122 cm³/mol. The number of allylic oxidation sites excluding steroid dienone is 1. The first kappa shape index (κ1) is 27.7. The van der Waals surface area contributed by atoms with Gasteiger partial charge in [0, 0.05) is 0 Å². The monoisotopic (exact) mass is 461 g/mol. The van der Waals surface area contributed by atoms with Crippen molar-refractivity contribution in [1.29, 1.82) is 0 Å². The normalized spacial score (nSPS) is 15.9. The molecule has 31 heavy (non-hydrogen) atoms. The van der Waals surface area contributed by atoms with Crippen molar-refractivity contribution >= 4 is 21.7 Å². The lowest BCUT2D eigenvalue weighted by atomic mass is 10.1. The van der Waals surface area contributed by atoms with Crippen molar-refractivity contribution in [3.05, 3.63) is 12.2 Å². The highest BCUT2D eigenvalue weighted by Gasteiger charge is 2.35. The molecule has 1 unspecified atom stereocenters. The van der Waals surface area contributed by atoms with Gasteiger partial charge in [0.25, 0.3) is 15.9 Å². The molecule has 0 fully saturated rings. The molecule has 0 bridgehead atoms. The van der Waals surface area contributed by atoms with Crippen molar-refractivity contribution in [2.45, 2.75) is 77.2 Å². The molecule has 8 nitrogen and oxygen atoms in total. The van der Waals surface area contributed by atoms with Crippen molar-refractivity contribution in [1.82, 2.24) is 4.90 Å². The van der Waals surface area contributed by atoms with Crippen LogP contribution in [0.1, 0.15) is 71.1 Å². The molecule has 9 heteroatoms. The van der Waals surface area contributed by atoms with Crippen molar-refractivity contribution in [3.8, 4) is 0 Å². The van der Waals surface area contributed by atoms with Crippen LogP contribution >= 0.6 is 0 Å². The number of ketones is 1. The Morgan fingerprint density at radius 1 is 1.13 bits per heavy atom. The maximum absolute atomic E-state index is 12.7. The van der Waals surface area contributed by atoms with E-state index in [0.717, 1.165) is 19.3 Å². The molecule has 0 aromatic carbocycles. The molecule has 1 heterocycles. The van der Waals surface area contributed by atoms with Gasteiger partial charge in [-0.2, -0.15) is 8.42 Å². The lowest BCUT2D eigenvalue weighted by molar-refractivity contribution is -0.525. The fraction of sp³-hybridized carbons (Fsp3) is 0.818. The van der Waals surface area contributed by atoms with E-state index < -0.39 is 22.0 Å². The number of β-amino-alcohol motifs (C(OH)–C–C–N with tert-alkyl or cyclic N) is 2. The van der Waals surface area contributed by atoms with Gasteiger partial charge in [0.15, 0.2) is 0 Å². The molecule has 1 aliphatic rings. The standard InChI is InChI=1S/C22H40N2O6S/c1-2-3-4-5-6-7-8-9-10-11-12-13-21(27)22-23(16-17-25)14-15-24(22)18-20(26)19-31(28,29)30/h12-13,20,25-26H,2-11,14-19H2,1H3/p+1/b13-12+. The van der Waals surface area contributed by atoms with Crippen molar-refractivity contribution in [3.63, 3.8) is 0 Å². The Morgan fingerprint density at radius 2 is 1.74 bits per heavy atom. The first-order valence-electron chi connectivity index (χ1n) is 11.6. The highest BCUT2D eigenvalue weighted by atomic mass is 32.2. The number of unbranched alkanes of at least 4 members (excludes halogenated alkanes) is 9. The van der Waals surface area contributed by atoms with Gasteiger partial charge in [0.05, 0.1) is 6.61 Å². The van der Waals surface area contributed by atoms with Gasteiger partial charge in [-0.05, 0) is 18.9 Å². The molecule has 0 aromatic heterocycles. The average molecular weight is 462 g/mol. The molecule has 0 amide bonds. The summed E-state index contributed by atoms with van der Waals surface area (Å²) in [5.74, 6) is -0.646. The second-order valence-corrected chi connectivity index (χ2v) is 9.76. The number of aliphatic hydroxyl groups is 2. The third kappa shape index (κ3) is 12.4. The number of nitrogens with zero attached hydrogens (tertiary/aromatic N) is 2. The van der Waals surface area contributed by atoms with Gasteiger partial charge >= 0.3 is 5.84 Å². The summed E-state index contributed by atoms with van der Waals surface area (Å²) in [7, 11) is -4.30. The second kappa shape index (κ2) is 15.5. The lowest BCUT2D eigenvalue weighted by Gasteiger charge is -2.11. The van der Waals surface area contributed by atoms with E-state index in [4.69, 9.17) is 4.55 Å². The first-order valence-corrected chi connectivity index (χ1v) is 13.2. The summed E-state index contributed by atoms with van der Waals surface area (Å²) in [6, 6.07) is 0. The zero-order valence-electron chi connectivity index (χ0n) is 18.9. The van der Waals surface area contributed by atoms with Crippen molar-refractivity contribution < 1.29 is 32.6 Å². The van der Waals surface area contributed by atoms with E-state index in [1.54, 1.807) is 9.48 Å². The van der Waals surface area contributed by atoms with Gasteiger partial charge in [-0.1, -0.05) is 64.4 Å². The third-order valence-electron chi connectivity index (χ3n) is 5.41. The molecular formula is C22H41N2O6S+. The van der Waals surface area contributed by atoms with E-state index in [0.29, 0.717) is 18.9 Å². The molecule has 3 N–H and O–H groups in total. The summed E-state index contributed by atoms with van der Waals surface area (Å²) >= 11 is 0. The number of hydrogen-bond donors (Lipinski definition) is 3. The Hall–Kier alpha value is -1.29. The minimum atomic E-state index is -4.30. The number of carbonyl (C=O) groups is 1. The van der Waals surface area contributed by atoms with Crippen LogP contribution in [0.25, 0.3) is 0 Å². The van der Waals surface area contributed by atoms with E-state index in [2.05, 4.69) is 6.92 Å². The highest BCUT2D eigenvalue weighted by Crippen LogP contribution is 2.11. The Labute approximate surface area is 187 Å². The van der Waals surface area contributed by atoms with Crippen LogP contribution in [0, 0.1) is 0 Å². The minimum absolute atomic E-state index is 0.0745. The Bertz CT molecular complexity index is 690. The van der Waals surface area contributed by atoms with Crippen LogP contribution in [0.4, 0.5) is 0 Å². The van der Waals surface area contributed by atoms with Crippen LogP contribution in [-0.2, 0) is 14.9 Å². The van der Waals surface area contributed by atoms with Gasteiger partial charge in [-0.25, -0.2) is 0 Å². The van der Waals surface area contributed by atoms with E-state index in [1.807, 2.05) is 6.08 Å². The molecule has 0 aromatic rings. The number of carbonyl (C=O) groups excluding carboxylic acids is 1. The van der Waals surface area contributed by atoms with Crippen LogP contribution in [0.15, 0.2) is 12.2 Å². The van der Waals surface area contributed by atoms with Crippen LogP contribution in [-0.4, -0.2) is 88.9 Å². The maximum Gasteiger partial charge on any atom is 0.320 e. The summed E-state index contributed by atoms with van der Waals surface area (Å²) in [6.07, 6.45) is 14.1. The molecule has 180 valence electrons. The summed E-state index contributed by atoms with van der Waals surface area (Å²) in [5.41, 5.74) is 0. The zero-order valence-corrected chi connectivity index (χ0v) is 19.7. The summed E-state index contributed by atoms with van der Waals surface area (Å²) in [6.45, 7) is 3.27. The van der Waals surface area contributed by atoms with Gasteiger partial charge in [-0.15, -0.1) is 0 Å². The molecule has 0 saturated heterocycles. The van der Waals surface area contributed by atoms with Crippen molar-refractivity contribution in [2.75, 3.05) is 38.5 Å². The van der Waals surface area contributed by atoms with Crippen molar-refractivity contribution in [2.24, 2.45) is 0 Å². The van der Waals surface area contributed by atoms with E-state index >= 15 is 0 Å². The number of aliphatic hydroxyl groups excluding tert-OH is 2. The number of rotatable bonds is 18. The van der Waals surface area contributed by atoms with Gasteiger partial charge in [0.1, 0.15) is 38.0 Å². The Kier molecular flexibility index (Phi) is 13.9. The summed E-state index contributed by atoms with van der Waals surface area (Å²) < 4.78 is 32.5. The zero-order chi connectivity index (χ0) is 23.1. The van der Waals surface area contributed by atoms with Crippen LogP contribution < -0.4 is 0 Å². The first-order chi connectivity index (χ1) is 14.8. The molecule has 0 spiro atoms. The minimum Gasteiger partial charge on any atom is -0.392 e. The largest absolute Gasteiger partial charge is 0.392 e. The molecule has 1 atom stereocenters. The van der Waals surface area contributed by atoms with E-state index in [-0.39, 0.29) is 25.5 Å². The molecular weight excluding hydrogens is 420 g/mol. The lowest BCUT2D eigenvalue weighted by Crippen LogP contribution is -2.39. The topological polar surface area (TPSA) is 118 Å². The summed E-state index contributed by atoms with van der Waals surface area (Å²) in [5, 5.41) is 19.2. The molecule has 1 rings (SSSR count). The fourth-order valence-corrected chi connectivity index (χ4v) is 4.46. The van der Waals surface area contributed by atoms with E-state index in [1.165, 1.54) is 51.0 Å². The molecule has 0 aliphatic carbocycles. The van der Waals surface area contributed by atoms with Crippen LogP contribution in [0.3, 0.4) is 0 Å². The van der Waals surface area contributed by atoms with Crippen LogP contribution in [0.2, 0.25) is 0 Å². The number of amidine groups is 1. The summed E-state index contributed by atoms with van der Waals surface area (Å²) in [4.78, 5) is 14.5.